The number of piperidine rings is 1. The van der Waals surface area contributed by atoms with Gasteiger partial charge in [0.15, 0.2) is 11.9 Å². The fourth-order valence-electron chi connectivity index (χ4n) is 4.06. The monoisotopic (exact) mass is 450 g/mol. The van der Waals surface area contributed by atoms with Crippen molar-refractivity contribution >= 4 is 27.7 Å². The van der Waals surface area contributed by atoms with E-state index in [0.717, 1.165) is 25.7 Å². The molecule has 3 rings (SSSR count). The first-order valence-electron chi connectivity index (χ1n) is 10.8. The summed E-state index contributed by atoms with van der Waals surface area (Å²) in [7, 11) is -3.70. The van der Waals surface area contributed by atoms with Crippen molar-refractivity contribution in [1.29, 1.82) is 0 Å². The number of ether oxygens (including phenoxy) is 1. The van der Waals surface area contributed by atoms with E-state index < -0.39 is 28.0 Å². The number of rotatable bonds is 7. The van der Waals surface area contributed by atoms with Gasteiger partial charge in [-0.2, -0.15) is 4.31 Å². The Hall–Kier alpha value is -2.26. The fourth-order valence-corrected chi connectivity index (χ4v) is 5.52. The molecule has 1 saturated heterocycles. The number of nitrogens with one attached hydrogen (secondary N) is 1. The van der Waals surface area contributed by atoms with E-state index in [2.05, 4.69) is 5.32 Å². The van der Waals surface area contributed by atoms with Crippen molar-refractivity contribution < 1.29 is 27.5 Å². The molecule has 1 atom stereocenters. The number of hydrogen-bond donors (Lipinski definition) is 1. The van der Waals surface area contributed by atoms with Crippen LogP contribution in [0.2, 0.25) is 0 Å². The molecule has 1 saturated carbocycles. The molecular formula is C22H30N2O6S. The molecule has 0 bridgehead atoms. The Balaban J connectivity index is 1.51. The molecule has 1 aromatic carbocycles. The van der Waals surface area contributed by atoms with E-state index in [0.29, 0.717) is 18.4 Å². The number of amides is 1. The van der Waals surface area contributed by atoms with Gasteiger partial charge >= 0.3 is 5.97 Å². The number of sulfonamides is 1. The van der Waals surface area contributed by atoms with Crippen molar-refractivity contribution in [2.75, 3.05) is 13.1 Å². The van der Waals surface area contributed by atoms with Crippen molar-refractivity contribution in [3.05, 3.63) is 29.8 Å². The van der Waals surface area contributed by atoms with Crippen LogP contribution in [-0.4, -0.2) is 55.6 Å². The second-order valence-electron chi connectivity index (χ2n) is 8.33. The van der Waals surface area contributed by atoms with E-state index in [1.54, 1.807) is 6.92 Å². The van der Waals surface area contributed by atoms with Gasteiger partial charge in [-0.1, -0.05) is 25.0 Å². The zero-order chi connectivity index (χ0) is 22.6. The first-order chi connectivity index (χ1) is 14.7. The molecule has 0 radical (unpaired) electrons. The predicted octanol–water partition coefficient (Wildman–Crippen LogP) is 2.28. The van der Waals surface area contributed by atoms with Crippen LogP contribution in [0.3, 0.4) is 0 Å². The van der Waals surface area contributed by atoms with Gasteiger partial charge in [-0.05, 0) is 51.7 Å². The number of nitrogens with zero attached hydrogens (tertiary/aromatic N) is 1. The summed E-state index contributed by atoms with van der Waals surface area (Å²) in [6, 6.07) is 6.01. The predicted molar refractivity (Wildman–Crippen MR) is 114 cm³/mol. The lowest BCUT2D eigenvalue weighted by Gasteiger charge is -2.30. The van der Waals surface area contributed by atoms with Crippen molar-refractivity contribution in [2.45, 2.75) is 69.4 Å². The molecule has 1 amide bonds. The number of Topliss-reactive ketones (excluding diaryl/α,β-unsaturated/α-hetero) is 1. The summed E-state index contributed by atoms with van der Waals surface area (Å²) in [5.74, 6) is -1.31. The lowest BCUT2D eigenvalue weighted by molar-refractivity contribution is -0.160. The van der Waals surface area contributed by atoms with Crippen molar-refractivity contribution in [3.8, 4) is 0 Å². The largest absolute Gasteiger partial charge is 0.452 e. The van der Waals surface area contributed by atoms with Crippen LogP contribution < -0.4 is 5.32 Å². The van der Waals surface area contributed by atoms with Gasteiger partial charge in [-0.3, -0.25) is 14.4 Å². The fraction of sp³-hybridized carbons (Fsp3) is 0.591. The Bertz CT molecular complexity index is 914. The molecule has 9 heteroatoms. The number of esters is 1. The summed E-state index contributed by atoms with van der Waals surface area (Å²) < 4.78 is 32.4. The van der Waals surface area contributed by atoms with E-state index >= 15 is 0 Å². The lowest BCUT2D eigenvalue weighted by atomic mass is 9.98. The molecule has 1 aromatic rings. The highest BCUT2D eigenvalue weighted by Gasteiger charge is 2.34. The molecule has 31 heavy (non-hydrogen) atoms. The number of carbonyl (C=O) groups excluding carboxylic acids is 3. The van der Waals surface area contributed by atoms with E-state index in [4.69, 9.17) is 4.74 Å². The van der Waals surface area contributed by atoms with Crippen molar-refractivity contribution in [3.63, 3.8) is 0 Å². The summed E-state index contributed by atoms with van der Waals surface area (Å²) in [6.07, 6.45) is 3.91. The van der Waals surface area contributed by atoms with Gasteiger partial charge in [-0.25, -0.2) is 8.42 Å². The first kappa shape index (κ1) is 23.4. The Kier molecular flexibility index (Phi) is 7.48. The highest BCUT2D eigenvalue weighted by Crippen LogP contribution is 2.25. The van der Waals surface area contributed by atoms with Gasteiger partial charge in [0.25, 0.3) is 5.91 Å². The maximum Gasteiger partial charge on any atom is 0.309 e. The quantitative estimate of drug-likeness (QED) is 0.504. The molecule has 1 N–H and O–H groups in total. The van der Waals surface area contributed by atoms with Crippen LogP contribution in [0.15, 0.2) is 29.2 Å². The molecule has 1 heterocycles. The van der Waals surface area contributed by atoms with Crippen LogP contribution in [0.1, 0.15) is 62.7 Å². The SMILES string of the molecule is CC(=O)c1ccc(S(=O)(=O)N2CCC(C(=O)O[C@H](C)C(=O)NC3CCCC3)CC2)cc1. The third kappa shape index (κ3) is 5.71. The third-order valence-electron chi connectivity index (χ3n) is 6.05. The Labute approximate surface area is 183 Å². The Morgan fingerprint density at radius 3 is 2.16 bits per heavy atom. The van der Waals surface area contributed by atoms with Gasteiger partial charge in [0.05, 0.1) is 10.8 Å². The highest BCUT2D eigenvalue weighted by atomic mass is 32.2. The van der Waals surface area contributed by atoms with Gasteiger partial charge in [0.2, 0.25) is 10.0 Å². The summed E-state index contributed by atoms with van der Waals surface area (Å²) in [5.41, 5.74) is 0.450. The van der Waals surface area contributed by atoms with Gasteiger partial charge in [0, 0.05) is 24.7 Å². The molecule has 0 unspecified atom stereocenters. The summed E-state index contributed by atoms with van der Waals surface area (Å²) >= 11 is 0. The topological polar surface area (TPSA) is 110 Å². The second kappa shape index (κ2) is 9.91. The van der Waals surface area contributed by atoms with Crippen molar-refractivity contribution in [1.82, 2.24) is 9.62 Å². The van der Waals surface area contributed by atoms with Crippen LogP contribution in [0, 0.1) is 5.92 Å². The number of carbonyl (C=O) groups is 3. The highest BCUT2D eigenvalue weighted by molar-refractivity contribution is 7.89. The summed E-state index contributed by atoms with van der Waals surface area (Å²) in [4.78, 5) is 36.2. The average Bonchev–Trinajstić information content (AvgIpc) is 3.26. The molecule has 1 aliphatic heterocycles. The molecule has 2 aliphatic rings. The maximum absolute atomic E-state index is 12.8. The van der Waals surface area contributed by atoms with Crippen LogP contribution in [0.5, 0.6) is 0 Å². The second-order valence-corrected chi connectivity index (χ2v) is 10.3. The minimum atomic E-state index is -3.70. The lowest BCUT2D eigenvalue weighted by Crippen LogP contribution is -2.43. The molecule has 170 valence electrons. The molecular weight excluding hydrogens is 420 g/mol. The average molecular weight is 451 g/mol. The van der Waals surface area contributed by atoms with Crippen molar-refractivity contribution in [2.24, 2.45) is 5.92 Å². The molecule has 0 aromatic heterocycles. The number of hydrogen-bond acceptors (Lipinski definition) is 6. The van der Waals surface area contributed by atoms with E-state index in [-0.39, 0.29) is 35.7 Å². The van der Waals surface area contributed by atoms with E-state index in [1.165, 1.54) is 35.5 Å². The number of benzene rings is 1. The van der Waals surface area contributed by atoms with Crippen LogP contribution >= 0.6 is 0 Å². The normalized spacial score (nSPS) is 19.7. The van der Waals surface area contributed by atoms with Crippen LogP contribution in [0.25, 0.3) is 0 Å². The smallest absolute Gasteiger partial charge is 0.309 e. The van der Waals surface area contributed by atoms with E-state index in [1.807, 2.05) is 0 Å². The van der Waals surface area contributed by atoms with E-state index in [9.17, 15) is 22.8 Å². The zero-order valence-electron chi connectivity index (χ0n) is 18.0. The minimum Gasteiger partial charge on any atom is -0.452 e. The maximum atomic E-state index is 12.8. The molecule has 2 fully saturated rings. The van der Waals surface area contributed by atoms with Gasteiger partial charge < -0.3 is 10.1 Å². The first-order valence-corrected chi connectivity index (χ1v) is 12.2. The summed E-state index contributed by atoms with van der Waals surface area (Å²) in [6.45, 7) is 3.37. The standard InChI is InChI=1S/C22H30N2O6S/c1-15(25)17-7-9-20(10-8-17)31(28,29)24-13-11-18(12-14-24)22(27)30-16(2)21(26)23-19-5-3-4-6-19/h7-10,16,18-19H,3-6,11-14H2,1-2H3,(H,23,26)/t16-/m1/s1. The summed E-state index contributed by atoms with van der Waals surface area (Å²) in [5, 5.41) is 2.92. The van der Waals surface area contributed by atoms with Crippen LogP contribution in [-0.2, 0) is 24.3 Å². The van der Waals surface area contributed by atoms with Gasteiger partial charge in [-0.15, -0.1) is 0 Å². The Morgan fingerprint density at radius 1 is 1.03 bits per heavy atom. The van der Waals surface area contributed by atoms with Crippen LogP contribution in [0.4, 0.5) is 0 Å². The Morgan fingerprint density at radius 2 is 1.61 bits per heavy atom. The minimum absolute atomic E-state index is 0.121. The molecule has 0 spiro atoms. The number of ketones is 1. The van der Waals surface area contributed by atoms with Gasteiger partial charge in [0.1, 0.15) is 0 Å². The molecule has 8 nitrogen and oxygen atoms in total. The third-order valence-corrected chi connectivity index (χ3v) is 7.96. The molecule has 1 aliphatic carbocycles. The zero-order valence-corrected chi connectivity index (χ0v) is 18.8.